The van der Waals surface area contributed by atoms with Crippen LogP contribution in [0.15, 0.2) is 48.6 Å². The molecule has 0 amide bonds. The summed E-state index contributed by atoms with van der Waals surface area (Å²) in [5.74, 6) is 0. The van der Waals surface area contributed by atoms with E-state index in [1.165, 1.54) is 38.5 Å². The Kier molecular flexibility index (Phi) is 9.52. The lowest BCUT2D eigenvalue weighted by molar-refractivity contribution is 0.157. The highest BCUT2D eigenvalue weighted by molar-refractivity contribution is 6.72. The zero-order valence-electron chi connectivity index (χ0n) is 16.2. The van der Waals surface area contributed by atoms with Gasteiger partial charge in [0.2, 0.25) is 0 Å². The van der Waals surface area contributed by atoms with Gasteiger partial charge >= 0.3 is 8.56 Å². The predicted octanol–water partition coefficient (Wildman–Crippen LogP) is 6.61. The van der Waals surface area contributed by atoms with E-state index in [0.29, 0.717) is 11.1 Å². The van der Waals surface area contributed by atoms with Crippen LogP contribution in [0, 0.1) is 0 Å². The first-order valence-electron chi connectivity index (χ1n) is 10.3. The van der Waals surface area contributed by atoms with Crippen LogP contribution in [0.1, 0.15) is 65.2 Å². The Bertz CT molecular complexity index is 410. The van der Waals surface area contributed by atoms with Gasteiger partial charge in [-0.1, -0.05) is 101 Å². The molecule has 0 N–H and O–H groups in total. The molecule has 0 heterocycles. The largest absolute Gasteiger partial charge is 0.393 e. The van der Waals surface area contributed by atoms with Gasteiger partial charge in [0.25, 0.3) is 0 Å². The highest BCUT2D eigenvalue weighted by atomic mass is 28.4. The Morgan fingerprint density at radius 2 is 1.00 bits per heavy atom. The third kappa shape index (κ3) is 6.09. The fraction of sp³-hybridized carbons (Fsp3) is 0.636. The first kappa shape index (κ1) is 20.4. The lowest BCUT2D eigenvalue weighted by Gasteiger charge is -2.37. The molecule has 0 unspecified atom stereocenters. The van der Waals surface area contributed by atoms with Gasteiger partial charge in [0, 0.05) is 24.3 Å². The van der Waals surface area contributed by atoms with Crippen molar-refractivity contribution in [2.75, 3.05) is 13.2 Å². The maximum absolute atomic E-state index is 6.66. The normalized spacial score (nSPS) is 17.4. The number of hydrogen-bond acceptors (Lipinski definition) is 2. The molecule has 0 atom stereocenters. The topological polar surface area (TPSA) is 18.5 Å². The summed E-state index contributed by atoms with van der Waals surface area (Å²) in [7, 11) is -2.40. The van der Waals surface area contributed by atoms with Gasteiger partial charge in [0.15, 0.2) is 0 Å². The lowest BCUT2D eigenvalue weighted by atomic mass is 10.2. The third-order valence-electron chi connectivity index (χ3n) is 5.08. The molecule has 0 radical (unpaired) electrons. The summed E-state index contributed by atoms with van der Waals surface area (Å²) in [6.07, 6.45) is 27.6. The van der Waals surface area contributed by atoms with Gasteiger partial charge in [-0.2, -0.15) is 0 Å². The molecule has 0 aromatic heterocycles. The number of unbranched alkanes of at least 4 members (excludes halogenated alkanes) is 6. The van der Waals surface area contributed by atoms with Crippen molar-refractivity contribution in [2.45, 2.75) is 76.3 Å². The smallest absolute Gasteiger partial charge is 0.360 e. The first-order chi connectivity index (χ1) is 12.3. The Morgan fingerprint density at radius 3 is 1.36 bits per heavy atom. The Morgan fingerprint density at radius 1 is 0.600 bits per heavy atom. The van der Waals surface area contributed by atoms with Gasteiger partial charge in [0.05, 0.1) is 0 Å². The molecule has 140 valence electrons. The molecular weight excluding hydrogens is 324 g/mol. The van der Waals surface area contributed by atoms with Crippen molar-refractivity contribution in [3.63, 3.8) is 0 Å². The standard InChI is InChI=1S/C22H36O2Si/c1-3-5-7-13-19-23-25(21-15-9-10-16-21,22-17-11-12-18-22)24-20-14-8-6-4-2/h9-12,15-18,21-22H,3-8,13-14,19-20H2,1-2H3. The maximum Gasteiger partial charge on any atom is 0.360 e. The van der Waals surface area contributed by atoms with Crippen LogP contribution < -0.4 is 0 Å². The minimum atomic E-state index is -2.40. The van der Waals surface area contributed by atoms with Gasteiger partial charge in [-0.05, 0) is 12.8 Å². The Labute approximate surface area is 155 Å². The SMILES string of the molecule is CCCCCCO[Si](OCCCCCC)(C1C=CC=C1)C1C=CC=C1. The zero-order chi connectivity index (χ0) is 17.8. The van der Waals surface area contributed by atoms with Crippen LogP contribution in [0.2, 0.25) is 11.1 Å². The van der Waals surface area contributed by atoms with Crippen LogP contribution in [-0.4, -0.2) is 21.8 Å². The highest BCUT2D eigenvalue weighted by Crippen LogP contribution is 2.42. The van der Waals surface area contributed by atoms with Crippen molar-refractivity contribution in [1.29, 1.82) is 0 Å². The van der Waals surface area contributed by atoms with Crippen LogP contribution in [0.3, 0.4) is 0 Å². The molecule has 0 aromatic carbocycles. The molecule has 25 heavy (non-hydrogen) atoms. The summed E-state index contributed by atoms with van der Waals surface area (Å²) in [5.41, 5.74) is 0.643. The van der Waals surface area contributed by atoms with Crippen LogP contribution in [0.5, 0.6) is 0 Å². The molecule has 0 aromatic rings. The Hall–Kier alpha value is -0.903. The van der Waals surface area contributed by atoms with Gasteiger partial charge in [0.1, 0.15) is 0 Å². The quantitative estimate of drug-likeness (QED) is 0.256. The van der Waals surface area contributed by atoms with E-state index in [0.717, 1.165) is 26.1 Å². The van der Waals surface area contributed by atoms with Gasteiger partial charge in [-0.25, -0.2) is 0 Å². The third-order valence-corrected chi connectivity index (χ3v) is 9.02. The van der Waals surface area contributed by atoms with E-state index < -0.39 is 8.56 Å². The van der Waals surface area contributed by atoms with E-state index in [1.54, 1.807) is 0 Å². The highest BCUT2D eigenvalue weighted by Gasteiger charge is 2.50. The molecule has 0 saturated carbocycles. The first-order valence-corrected chi connectivity index (χ1v) is 12.3. The van der Waals surface area contributed by atoms with Crippen molar-refractivity contribution >= 4 is 8.56 Å². The molecule has 0 saturated heterocycles. The monoisotopic (exact) mass is 360 g/mol. The fourth-order valence-electron chi connectivity index (χ4n) is 3.57. The average Bonchev–Trinajstić information content (AvgIpc) is 3.33. The average molecular weight is 361 g/mol. The van der Waals surface area contributed by atoms with Crippen molar-refractivity contribution in [1.82, 2.24) is 0 Å². The fourth-order valence-corrected chi connectivity index (χ4v) is 7.31. The second-order valence-corrected chi connectivity index (χ2v) is 10.5. The molecule has 0 aliphatic heterocycles. The molecule has 3 heteroatoms. The molecule has 2 aliphatic rings. The van der Waals surface area contributed by atoms with Gasteiger partial charge in [-0.3, -0.25) is 0 Å². The van der Waals surface area contributed by atoms with E-state index in [2.05, 4.69) is 62.5 Å². The lowest BCUT2D eigenvalue weighted by Crippen LogP contribution is -2.49. The Balaban J connectivity index is 2.02. The van der Waals surface area contributed by atoms with Crippen molar-refractivity contribution in [3.05, 3.63) is 48.6 Å². The summed E-state index contributed by atoms with van der Waals surface area (Å²) in [5, 5.41) is 0. The minimum Gasteiger partial charge on any atom is -0.393 e. The molecule has 0 bridgehead atoms. The molecular formula is C22H36O2Si. The van der Waals surface area contributed by atoms with Crippen molar-refractivity contribution in [2.24, 2.45) is 0 Å². The summed E-state index contributed by atoms with van der Waals surface area (Å²) < 4.78 is 13.3. The van der Waals surface area contributed by atoms with Crippen LogP contribution in [-0.2, 0) is 8.85 Å². The molecule has 2 aliphatic carbocycles. The van der Waals surface area contributed by atoms with E-state index >= 15 is 0 Å². The molecule has 2 nitrogen and oxygen atoms in total. The zero-order valence-corrected chi connectivity index (χ0v) is 17.2. The van der Waals surface area contributed by atoms with E-state index in [9.17, 15) is 0 Å². The summed E-state index contributed by atoms with van der Waals surface area (Å²) >= 11 is 0. The van der Waals surface area contributed by atoms with Gasteiger partial charge in [-0.15, -0.1) is 0 Å². The van der Waals surface area contributed by atoms with E-state index in [4.69, 9.17) is 8.85 Å². The molecule has 2 rings (SSSR count). The minimum absolute atomic E-state index is 0.322. The van der Waals surface area contributed by atoms with Crippen LogP contribution in [0.25, 0.3) is 0 Å². The second-order valence-electron chi connectivity index (χ2n) is 7.13. The molecule has 0 spiro atoms. The van der Waals surface area contributed by atoms with E-state index in [1.807, 2.05) is 0 Å². The summed E-state index contributed by atoms with van der Waals surface area (Å²) in [6.45, 7) is 6.16. The number of rotatable bonds is 14. The summed E-state index contributed by atoms with van der Waals surface area (Å²) in [4.78, 5) is 0. The summed E-state index contributed by atoms with van der Waals surface area (Å²) in [6, 6.07) is 0. The van der Waals surface area contributed by atoms with Crippen LogP contribution in [0.4, 0.5) is 0 Å². The second kappa shape index (κ2) is 11.7. The van der Waals surface area contributed by atoms with E-state index in [-0.39, 0.29) is 0 Å². The van der Waals surface area contributed by atoms with Crippen molar-refractivity contribution < 1.29 is 8.85 Å². The maximum atomic E-state index is 6.66. The number of allylic oxidation sites excluding steroid dienone is 8. The van der Waals surface area contributed by atoms with Gasteiger partial charge < -0.3 is 8.85 Å². The van der Waals surface area contributed by atoms with Crippen LogP contribution >= 0.6 is 0 Å². The number of hydrogen-bond donors (Lipinski definition) is 0. The molecule has 0 fully saturated rings. The predicted molar refractivity (Wildman–Crippen MR) is 110 cm³/mol. The van der Waals surface area contributed by atoms with Crippen molar-refractivity contribution in [3.8, 4) is 0 Å².